The van der Waals surface area contributed by atoms with Crippen LogP contribution in [0.1, 0.15) is 38.7 Å². The number of aryl methyl sites for hydroxylation is 1. The maximum atomic E-state index is 10.8. The molecule has 19 heavy (non-hydrogen) atoms. The normalized spacial score (nSPS) is 32.7. The predicted molar refractivity (Wildman–Crippen MR) is 74.6 cm³/mol. The van der Waals surface area contributed by atoms with Gasteiger partial charge in [-0.3, -0.25) is 9.58 Å². The van der Waals surface area contributed by atoms with E-state index in [2.05, 4.69) is 30.0 Å². The Hall–Kier alpha value is -0.870. The third-order valence-electron chi connectivity index (χ3n) is 4.92. The van der Waals surface area contributed by atoms with E-state index in [1.165, 1.54) is 18.4 Å². The predicted octanol–water partition coefficient (Wildman–Crippen LogP) is 1.89. The monoisotopic (exact) mass is 263 g/mol. The van der Waals surface area contributed by atoms with Crippen LogP contribution in [-0.4, -0.2) is 38.5 Å². The summed E-state index contributed by atoms with van der Waals surface area (Å²) in [7, 11) is 0. The summed E-state index contributed by atoms with van der Waals surface area (Å²) < 4.78 is 1.98. The van der Waals surface area contributed by atoms with Crippen LogP contribution in [0.25, 0.3) is 0 Å². The number of hydrogen-bond donors (Lipinski definition) is 1. The van der Waals surface area contributed by atoms with Crippen molar-refractivity contribution in [3.8, 4) is 0 Å². The molecule has 0 spiro atoms. The molecule has 0 aromatic carbocycles. The zero-order chi connectivity index (χ0) is 13.5. The van der Waals surface area contributed by atoms with E-state index >= 15 is 0 Å². The van der Waals surface area contributed by atoms with Crippen LogP contribution in [0.5, 0.6) is 0 Å². The van der Waals surface area contributed by atoms with Crippen LogP contribution >= 0.6 is 0 Å². The highest BCUT2D eigenvalue weighted by atomic mass is 16.3. The molecule has 0 unspecified atom stereocenters. The molecule has 2 aliphatic rings. The van der Waals surface area contributed by atoms with Crippen LogP contribution in [0.3, 0.4) is 0 Å². The summed E-state index contributed by atoms with van der Waals surface area (Å²) in [5, 5.41) is 15.1. The van der Waals surface area contributed by atoms with Gasteiger partial charge in [-0.15, -0.1) is 0 Å². The zero-order valence-corrected chi connectivity index (χ0v) is 12.0. The molecule has 0 bridgehead atoms. The van der Waals surface area contributed by atoms with Crippen LogP contribution < -0.4 is 0 Å². The van der Waals surface area contributed by atoms with Gasteiger partial charge in [0.25, 0.3) is 0 Å². The Bertz CT molecular complexity index is 440. The van der Waals surface area contributed by atoms with E-state index in [0.29, 0.717) is 11.8 Å². The van der Waals surface area contributed by atoms with Crippen LogP contribution in [0, 0.1) is 11.8 Å². The van der Waals surface area contributed by atoms with Crippen LogP contribution in [0.4, 0.5) is 0 Å². The Morgan fingerprint density at radius 2 is 2.26 bits per heavy atom. The van der Waals surface area contributed by atoms with Crippen molar-refractivity contribution in [3.05, 3.63) is 18.0 Å². The molecular weight excluding hydrogens is 238 g/mol. The lowest BCUT2D eigenvalue weighted by Gasteiger charge is -2.43. The lowest BCUT2D eigenvalue weighted by molar-refractivity contribution is -0.0832. The number of aromatic nitrogens is 2. The van der Waals surface area contributed by atoms with Gasteiger partial charge in [0.1, 0.15) is 0 Å². The van der Waals surface area contributed by atoms with Crippen LogP contribution in [0.2, 0.25) is 0 Å². The summed E-state index contributed by atoms with van der Waals surface area (Å²) in [5.74, 6) is 0.961. The van der Waals surface area contributed by atoms with E-state index in [9.17, 15) is 5.11 Å². The lowest BCUT2D eigenvalue weighted by atomic mass is 9.78. The maximum absolute atomic E-state index is 10.8. The van der Waals surface area contributed by atoms with E-state index in [0.717, 1.165) is 32.6 Å². The Labute approximate surface area is 115 Å². The average Bonchev–Trinajstić information content (AvgIpc) is 3.16. The number of aliphatic hydroxyl groups is 1. The number of rotatable bonds is 4. The summed E-state index contributed by atoms with van der Waals surface area (Å²) in [6.07, 6.45) is 7.48. The summed E-state index contributed by atoms with van der Waals surface area (Å²) in [4.78, 5) is 2.46. The van der Waals surface area contributed by atoms with E-state index in [1.54, 1.807) is 0 Å². The molecule has 1 aliphatic heterocycles. The van der Waals surface area contributed by atoms with Crippen molar-refractivity contribution in [3.63, 3.8) is 0 Å². The Morgan fingerprint density at radius 1 is 1.47 bits per heavy atom. The van der Waals surface area contributed by atoms with E-state index < -0.39 is 0 Å². The quantitative estimate of drug-likeness (QED) is 0.902. The first-order chi connectivity index (χ1) is 9.11. The third kappa shape index (κ3) is 2.56. The summed E-state index contributed by atoms with van der Waals surface area (Å²) >= 11 is 0. The van der Waals surface area contributed by atoms with Gasteiger partial charge in [0, 0.05) is 37.9 Å². The standard InChI is InChI=1S/C15H25N3O/c1-3-18-11-13(8-16-18)10-17-7-6-15(19,12(2)9-17)14-4-5-14/h8,11-12,14,19H,3-7,9-10H2,1-2H3/t12-,15+/m1/s1. The molecule has 1 aliphatic carbocycles. The topological polar surface area (TPSA) is 41.3 Å². The van der Waals surface area contributed by atoms with E-state index in [-0.39, 0.29) is 5.60 Å². The third-order valence-corrected chi connectivity index (χ3v) is 4.92. The SMILES string of the molecule is CCn1cc(CN2CC[C@@](O)(C3CC3)[C@H](C)C2)cn1. The van der Waals surface area contributed by atoms with E-state index in [4.69, 9.17) is 0 Å². The van der Waals surface area contributed by atoms with Gasteiger partial charge < -0.3 is 5.11 Å². The highest BCUT2D eigenvalue weighted by Crippen LogP contribution is 2.47. The van der Waals surface area contributed by atoms with Crippen LogP contribution in [-0.2, 0) is 13.1 Å². The fourth-order valence-corrected chi connectivity index (χ4v) is 3.47. The van der Waals surface area contributed by atoms with Crippen molar-refractivity contribution in [2.45, 2.75) is 51.8 Å². The molecule has 3 rings (SSSR count). The van der Waals surface area contributed by atoms with Gasteiger partial charge in [-0.25, -0.2) is 0 Å². The van der Waals surface area contributed by atoms with Gasteiger partial charge in [-0.05, 0) is 38.0 Å². The first-order valence-corrected chi connectivity index (χ1v) is 7.58. The molecule has 1 saturated carbocycles. The first-order valence-electron chi connectivity index (χ1n) is 7.58. The van der Waals surface area contributed by atoms with Gasteiger partial charge in [-0.2, -0.15) is 5.10 Å². The molecule has 4 heteroatoms. The second-order valence-corrected chi connectivity index (χ2v) is 6.36. The largest absolute Gasteiger partial charge is 0.389 e. The Balaban J connectivity index is 1.59. The van der Waals surface area contributed by atoms with Crippen molar-refractivity contribution < 1.29 is 5.11 Å². The molecule has 2 heterocycles. The molecule has 1 aromatic heterocycles. The second-order valence-electron chi connectivity index (χ2n) is 6.36. The molecule has 0 radical (unpaired) electrons. The average molecular weight is 263 g/mol. The van der Waals surface area contributed by atoms with Crippen molar-refractivity contribution >= 4 is 0 Å². The lowest BCUT2D eigenvalue weighted by Crippen LogP contribution is -2.51. The molecule has 2 atom stereocenters. The first kappa shape index (κ1) is 13.1. The van der Waals surface area contributed by atoms with Gasteiger partial charge in [0.05, 0.1) is 11.8 Å². The molecule has 2 fully saturated rings. The second kappa shape index (κ2) is 4.91. The Morgan fingerprint density at radius 3 is 2.84 bits per heavy atom. The molecule has 1 saturated heterocycles. The highest BCUT2D eigenvalue weighted by molar-refractivity contribution is 5.06. The fraction of sp³-hybridized carbons (Fsp3) is 0.800. The summed E-state index contributed by atoms with van der Waals surface area (Å²) in [6.45, 7) is 8.22. The minimum Gasteiger partial charge on any atom is -0.389 e. The summed E-state index contributed by atoms with van der Waals surface area (Å²) in [5.41, 5.74) is 0.898. The zero-order valence-electron chi connectivity index (χ0n) is 12.0. The van der Waals surface area contributed by atoms with E-state index in [1.807, 2.05) is 10.9 Å². The molecule has 0 amide bonds. The summed E-state index contributed by atoms with van der Waals surface area (Å²) in [6, 6.07) is 0. The van der Waals surface area contributed by atoms with Gasteiger partial charge in [0.15, 0.2) is 0 Å². The molecule has 4 nitrogen and oxygen atoms in total. The fourth-order valence-electron chi connectivity index (χ4n) is 3.47. The minimum absolute atomic E-state index is 0.384. The molecular formula is C15H25N3O. The molecule has 1 aromatic rings. The number of hydrogen-bond acceptors (Lipinski definition) is 3. The smallest absolute Gasteiger partial charge is 0.0725 e. The maximum Gasteiger partial charge on any atom is 0.0725 e. The minimum atomic E-state index is -0.385. The van der Waals surface area contributed by atoms with Gasteiger partial charge in [0.2, 0.25) is 0 Å². The number of nitrogens with zero attached hydrogens (tertiary/aromatic N) is 3. The van der Waals surface area contributed by atoms with Gasteiger partial charge in [-0.1, -0.05) is 6.92 Å². The Kier molecular flexibility index (Phi) is 3.39. The molecule has 106 valence electrons. The number of likely N-dealkylation sites (tertiary alicyclic amines) is 1. The van der Waals surface area contributed by atoms with Crippen molar-refractivity contribution in [2.75, 3.05) is 13.1 Å². The van der Waals surface area contributed by atoms with Crippen molar-refractivity contribution in [1.82, 2.24) is 14.7 Å². The highest BCUT2D eigenvalue weighted by Gasteiger charge is 2.49. The van der Waals surface area contributed by atoms with Crippen molar-refractivity contribution in [1.29, 1.82) is 0 Å². The van der Waals surface area contributed by atoms with Crippen LogP contribution in [0.15, 0.2) is 12.4 Å². The van der Waals surface area contributed by atoms with Crippen molar-refractivity contribution in [2.24, 2.45) is 11.8 Å². The van der Waals surface area contributed by atoms with Gasteiger partial charge >= 0.3 is 0 Å². The number of piperidine rings is 1. The molecule has 1 N–H and O–H groups in total.